The molecule has 4 aromatic carbocycles. The van der Waals surface area contributed by atoms with E-state index in [0.29, 0.717) is 0 Å². The molecule has 0 bridgehead atoms. The van der Waals surface area contributed by atoms with Crippen molar-refractivity contribution in [3.63, 3.8) is 0 Å². The Kier molecular flexibility index (Phi) is 5.24. The molecule has 0 aliphatic heterocycles. The second-order valence-corrected chi connectivity index (χ2v) is 7.86. The fourth-order valence-electron chi connectivity index (χ4n) is 2.88. The molecule has 0 amide bonds. The number of rotatable bonds is 4. The van der Waals surface area contributed by atoms with Crippen molar-refractivity contribution in [2.24, 2.45) is 0 Å². The molecule has 126 valence electrons. The van der Waals surface area contributed by atoms with Crippen LogP contribution < -0.4 is 0 Å². The summed E-state index contributed by atoms with van der Waals surface area (Å²) in [6, 6.07) is 36.1. The van der Waals surface area contributed by atoms with Crippen molar-refractivity contribution in [2.45, 2.75) is 4.90 Å². The van der Waals surface area contributed by atoms with Crippen LogP contribution in [0, 0.1) is 0 Å². The van der Waals surface area contributed by atoms with Crippen LogP contribution in [0.4, 0.5) is 0 Å². The maximum absolute atomic E-state index is 3.86. The van der Waals surface area contributed by atoms with Gasteiger partial charge in [0.05, 0.1) is 0 Å². The predicted molar refractivity (Wildman–Crippen MR) is 118 cm³/mol. The summed E-state index contributed by atoms with van der Waals surface area (Å²) in [4.78, 5) is 2.45. The maximum Gasteiger partial charge on any atom is 0.0393 e. The quantitative estimate of drug-likeness (QED) is 0.241. The number of hydrogen-bond donors (Lipinski definition) is 0. The SMILES string of the molecule is Br/C(=C(\Sc1ccc2ccccc2c1)c1ccccc1)c1ccccc1. The van der Waals surface area contributed by atoms with E-state index >= 15 is 0 Å². The third kappa shape index (κ3) is 3.77. The summed E-state index contributed by atoms with van der Waals surface area (Å²) in [5.41, 5.74) is 2.39. The van der Waals surface area contributed by atoms with Crippen LogP contribution in [0.1, 0.15) is 11.1 Å². The minimum absolute atomic E-state index is 1.11. The van der Waals surface area contributed by atoms with Crippen molar-refractivity contribution < 1.29 is 0 Å². The molecule has 2 heteroatoms. The second kappa shape index (κ2) is 7.94. The molecule has 0 nitrogen and oxygen atoms in total. The molecular formula is C24H17BrS. The highest BCUT2D eigenvalue weighted by atomic mass is 79.9. The largest absolute Gasteiger partial charge is 0.0882 e. The molecule has 0 spiro atoms. The second-order valence-electron chi connectivity index (χ2n) is 5.99. The van der Waals surface area contributed by atoms with E-state index in [-0.39, 0.29) is 0 Å². The van der Waals surface area contributed by atoms with E-state index < -0.39 is 0 Å². The van der Waals surface area contributed by atoms with Crippen molar-refractivity contribution >= 4 is 47.9 Å². The van der Waals surface area contributed by atoms with Crippen LogP contribution in [0.2, 0.25) is 0 Å². The Morgan fingerprint density at radius 3 is 1.85 bits per heavy atom. The molecule has 4 aromatic rings. The number of halogens is 1. The van der Waals surface area contributed by atoms with E-state index in [9.17, 15) is 0 Å². The minimum Gasteiger partial charge on any atom is -0.0882 e. The molecule has 0 aliphatic carbocycles. The molecule has 0 atom stereocenters. The molecule has 0 aliphatic rings. The Balaban J connectivity index is 1.80. The van der Waals surface area contributed by atoms with Crippen molar-refractivity contribution in [3.05, 3.63) is 114 Å². The summed E-state index contributed by atoms with van der Waals surface area (Å²) >= 11 is 5.65. The first kappa shape index (κ1) is 17.1. The van der Waals surface area contributed by atoms with Crippen LogP contribution >= 0.6 is 27.7 Å². The van der Waals surface area contributed by atoms with Crippen molar-refractivity contribution in [2.75, 3.05) is 0 Å². The van der Waals surface area contributed by atoms with E-state index in [2.05, 4.69) is 113 Å². The van der Waals surface area contributed by atoms with Crippen LogP contribution in [-0.4, -0.2) is 0 Å². The summed E-state index contributed by atoms with van der Waals surface area (Å²) in [7, 11) is 0. The first-order valence-corrected chi connectivity index (χ1v) is 10.1. The predicted octanol–water partition coefficient (Wildman–Crippen LogP) is 7.85. The Hall–Kier alpha value is -2.29. The molecule has 0 fully saturated rings. The van der Waals surface area contributed by atoms with Gasteiger partial charge in [-0.15, -0.1) is 0 Å². The van der Waals surface area contributed by atoms with Crippen LogP contribution in [0.25, 0.3) is 20.2 Å². The van der Waals surface area contributed by atoms with Gasteiger partial charge in [-0.1, -0.05) is 103 Å². The van der Waals surface area contributed by atoms with E-state index in [4.69, 9.17) is 0 Å². The molecule has 0 heterocycles. The van der Waals surface area contributed by atoms with Gasteiger partial charge in [0.15, 0.2) is 0 Å². The van der Waals surface area contributed by atoms with Crippen LogP contribution in [-0.2, 0) is 0 Å². The van der Waals surface area contributed by atoms with Gasteiger partial charge in [0.2, 0.25) is 0 Å². The summed E-state index contributed by atoms with van der Waals surface area (Å²) in [5.74, 6) is 0. The normalized spacial score (nSPS) is 12.0. The standard InChI is InChI=1S/C24H17BrS/c25-23(19-10-3-1-4-11-19)24(20-12-5-2-6-13-20)26-22-16-15-18-9-7-8-14-21(18)17-22/h1-17H/b24-23-. The Morgan fingerprint density at radius 2 is 1.15 bits per heavy atom. The van der Waals surface area contributed by atoms with Gasteiger partial charge in [0.25, 0.3) is 0 Å². The molecular weight excluding hydrogens is 400 g/mol. The average molecular weight is 417 g/mol. The van der Waals surface area contributed by atoms with Crippen molar-refractivity contribution in [1.82, 2.24) is 0 Å². The highest BCUT2D eigenvalue weighted by Crippen LogP contribution is 2.43. The summed E-state index contributed by atoms with van der Waals surface area (Å²) in [5, 5.41) is 2.53. The van der Waals surface area contributed by atoms with E-state index in [1.165, 1.54) is 31.7 Å². The highest BCUT2D eigenvalue weighted by Gasteiger charge is 2.11. The van der Waals surface area contributed by atoms with E-state index in [1.54, 1.807) is 11.8 Å². The van der Waals surface area contributed by atoms with Gasteiger partial charge in [-0.05, 0) is 50.0 Å². The Labute approximate surface area is 166 Å². The average Bonchev–Trinajstić information content (AvgIpc) is 2.73. The maximum atomic E-state index is 3.86. The lowest BCUT2D eigenvalue weighted by molar-refractivity contribution is 1.52. The van der Waals surface area contributed by atoms with E-state index in [0.717, 1.165) is 4.48 Å². The molecule has 4 rings (SSSR count). The zero-order chi connectivity index (χ0) is 17.8. The summed E-state index contributed by atoms with van der Waals surface area (Å²) < 4.78 is 1.11. The number of fused-ring (bicyclic) bond motifs is 1. The molecule has 0 aromatic heterocycles. The fraction of sp³-hybridized carbons (Fsp3) is 0. The lowest BCUT2D eigenvalue weighted by atomic mass is 10.1. The first-order valence-electron chi connectivity index (χ1n) is 8.48. The highest BCUT2D eigenvalue weighted by molar-refractivity contribution is 9.15. The minimum atomic E-state index is 1.11. The van der Waals surface area contributed by atoms with Gasteiger partial charge in [-0.25, -0.2) is 0 Å². The zero-order valence-electron chi connectivity index (χ0n) is 14.1. The lowest BCUT2D eigenvalue weighted by Crippen LogP contribution is -1.85. The van der Waals surface area contributed by atoms with Gasteiger partial charge in [-0.3, -0.25) is 0 Å². The number of thioether (sulfide) groups is 1. The summed E-state index contributed by atoms with van der Waals surface area (Å²) in [6.45, 7) is 0. The van der Waals surface area contributed by atoms with Gasteiger partial charge in [-0.2, -0.15) is 0 Å². The molecule has 0 saturated carbocycles. The molecule has 0 N–H and O–H groups in total. The topological polar surface area (TPSA) is 0 Å². The van der Waals surface area contributed by atoms with Gasteiger partial charge in [0, 0.05) is 14.3 Å². The Morgan fingerprint density at radius 1 is 0.577 bits per heavy atom. The monoisotopic (exact) mass is 416 g/mol. The molecule has 0 radical (unpaired) electrons. The third-order valence-electron chi connectivity index (χ3n) is 4.20. The summed E-state index contributed by atoms with van der Waals surface area (Å²) in [6.07, 6.45) is 0. The van der Waals surface area contributed by atoms with Gasteiger partial charge in [0.1, 0.15) is 0 Å². The lowest BCUT2D eigenvalue weighted by Gasteiger charge is -2.12. The molecule has 0 unspecified atom stereocenters. The molecule has 26 heavy (non-hydrogen) atoms. The van der Waals surface area contributed by atoms with Crippen LogP contribution in [0.15, 0.2) is 108 Å². The fourth-order valence-corrected chi connectivity index (χ4v) is 4.64. The van der Waals surface area contributed by atoms with Crippen LogP contribution in [0.3, 0.4) is 0 Å². The van der Waals surface area contributed by atoms with Crippen LogP contribution in [0.5, 0.6) is 0 Å². The van der Waals surface area contributed by atoms with Gasteiger partial charge < -0.3 is 0 Å². The Bertz CT molecular complexity index is 1050. The third-order valence-corrected chi connectivity index (χ3v) is 6.45. The van der Waals surface area contributed by atoms with Crippen molar-refractivity contribution in [1.29, 1.82) is 0 Å². The zero-order valence-corrected chi connectivity index (χ0v) is 16.5. The number of hydrogen-bond acceptors (Lipinski definition) is 1. The smallest absolute Gasteiger partial charge is 0.0393 e. The first-order chi connectivity index (χ1) is 12.8. The van der Waals surface area contributed by atoms with E-state index in [1.807, 2.05) is 6.07 Å². The van der Waals surface area contributed by atoms with Crippen molar-refractivity contribution in [3.8, 4) is 0 Å². The van der Waals surface area contributed by atoms with Gasteiger partial charge >= 0.3 is 0 Å². The molecule has 0 saturated heterocycles. The number of benzene rings is 4.